The fourth-order valence-corrected chi connectivity index (χ4v) is 1.82. The third-order valence-corrected chi connectivity index (χ3v) is 4.22. The van der Waals surface area contributed by atoms with Gasteiger partial charge in [0, 0.05) is 6.42 Å². The molecule has 0 fully saturated rings. The van der Waals surface area contributed by atoms with Crippen LogP contribution >= 0.6 is 0 Å². The van der Waals surface area contributed by atoms with Gasteiger partial charge in [-0.05, 0) is 45.4 Å². The molecule has 0 saturated carbocycles. The zero-order valence-electron chi connectivity index (χ0n) is 17.2. The van der Waals surface area contributed by atoms with Crippen LogP contribution in [0.25, 0.3) is 0 Å². The fraction of sp³-hybridized carbons (Fsp3) is 0.842. The first-order chi connectivity index (χ1) is 12.1. The van der Waals surface area contributed by atoms with Crippen LogP contribution in [0, 0.1) is 11.8 Å². The summed E-state index contributed by atoms with van der Waals surface area (Å²) in [6, 6.07) is -0.856. The Morgan fingerprint density at radius 3 is 1.92 bits per heavy atom. The van der Waals surface area contributed by atoms with E-state index in [-0.39, 0.29) is 49.5 Å². The number of alkyl carbamates (subject to hydrolysis) is 1. The third kappa shape index (κ3) is 10.3. The molecule has 0 saturated heterocycles. The fourth-order valence-electron chi connectivity index (χ4n) is 1.82. The van der Waals surface area contributed by atoms with Crippen molar-refractivity contribution in [2.45, 2.75) is 86.0 Å². The van der Waals surface area contributed by atoms with E-state index in [4.69, 9.17) is 14.2 Å². The molecular formula is C19H35NO6. The van der Waals surface area contributed by atoms with Crippen LogP contribution in [-0.4, -0.2) is 42.9 Å². The molecule has 0 aliphatic heterocycles. The standard InChI is InChI=1S/C19H35NO6/c1-8-24-19(23)20-16(18(22)26-15(7)13(4)5)10-9-11-17(21)25-14(6)12(2)3/h12-16H,8-11H2,1-7H3,(H,20,23)/t14-,15-,16?/m0/s1. The number of hydrogen-bond acceptors (Lipinski definition) is 6. The van der Waals surface area contributed by atoms with Crippen molar-refractivity contribution in [3.05, 3.63) is 0 Å². The molecule has 0 aromatic heterocycles. The van der Waals surface area contributed by atoms with Crippen molar-refractivity contribution in [1.29, 1.82) is 0 Å². The molecule has 0 aliphatic carbocycles. The summed E-state index contributed by atoms with van der Waals surface area (Å²) >= 11 is 0. The van der Waals surface area contributed by atoms with E-state index in [0.717, 1.165) is 0 Å². The Morgan fingerprint density at radius 2 is 1.42 bits per heavy atom. The van der Waals surface area contributed by atoms with Crippen molar-refractivity contribution in [2.24, 2.45) is 11.8 Å². The second-order valence-corrected chi connectivity index (χ2v) is 7.13. The van der Waals surface area contributed by atoms with E-state index in [1.807, 2.05) is 34.6 Å². The monoisotopic (exact) mass is 373 g/mol. The molecule has 0 aliphatic rings. The van der Waals surface area contributed by atoms with Crippen LogP contribution in [0.15, 0.2) is 0 Å². The van der Waals surface area contributed by atoms with E-state index >= 15 is 0 Å². The molecule has 1 N–H and O–H groups in total. The van der Waals surface area contributed by atoms with E-state index < -0.39 is 18.1 Å². The first kappa shape index (κ1) is 24.2. The number of nitrogens with one attached hydrogen (secondary N) is 1. The molecule has 7 nitrogen and oxygen atoms in total. The quantitative estimate of drug-likeness (QED) is 0.441. The third-order valence-electron chi connectivity index (χ3n) is 4.22. The molecule has 0 rings (SSSR count). The Kier molecular flexibility index (Phi) is 11.7. The maximum atomic E-state index is 12.3. The van der Waals surface area contributed by atoms with Gasteiger partial charge in [0.15, 0.2) is 0 Å². The Hall–Kier alpha value is -1.79. The molecule has 7 heteroatoms. The van der Waals surface area contributed by atoms with Crippen LogP contribution in [-0.2, 0) is 23.8 Å². The lowest BCUT2D eigenvalue weighted by molar-refractivity contribution is -0.154. The number of carbonyl (C=O) groups is 3. The van der Waals surface area contributed by atoms with Crippen molar-refractivity contribution in [2.75, 3.05) is 6.61 Å². The Bertz CT molecular complexity index is 449. The predicted molar refractivity (Wildman–Crippen MR) is 98.6 cm³/mol. The molecule has 0 radical (unpaired) electrons. The summed E-state index contributed by atoms with van der Waals surface area (Å²) in [5.74, 6) is -0.437. The van der Waals surface area contributed by atoms with Crippen LogP contribution in [0.4, 0.5) is 4.79 Å². The number of hydrogen-bond donors (Lipinski definition) is 1. The van der Waals surface area contributed by atoms with E-state index in [1.54, 1.807) is 13.8 Å². The molecule has 0 aromatic rings. The normalized spacial score (nSPS) is 14.5. The molecule has 0 bridgehead atoms. The summed E-state index contributed by atoms with van der Waals surface area (Å²) in [5.41, 5.74) is 0. The second kappa shape index (κ2) is 12.5. The molecule has 0 aromatic carbocycles. The highest BCUT2D eigenvalue weighted by Crippen LogP contribution is 2.12. The lowest BCUT2D eigenvalue weighted by Gasteiger charge is -2.22. The molecule has 0 spiro atoms. The second-order valence-electron chi connectivity index (χ2n) is 7.13. The van der Waals surface area contributed by atoms with Crippen molar-refractivity contribution < 1.29 is 28.6 Å². The SMILES string of the molecule is CCOC(=O)NC(CCCC(=O)O[C@@H](C)C(C)C)C(=O)O[C@@H](C)C(C)C. The highest BCUT2D eigenvalue weighted by atomic mass is 16.6. The zero-order chi connectivity index (χ0) is 20.3. The van der Waals surface area contributed by atoms with Crippen LogP contribution in [0.5, 0.6) is 0 Å². The van der Waals surface area contributed by atoms with Crippen molar-refractivity contribution in [3.8, 4) is 0 Å². The Labute approximate surface area is 157 Å². The van der Waals surface area contributed by atoms with E-state index in [2.05, 4.69) is 5.32 Å². The summed E-state index contributed by atoms with van der Waals surface area (Å²) in [5, 5.41) is 2.51. The number of rotatable bonds is 11. The van der Waals surface area contributed by atoms with Gasteiger partial charge in [-0.15, -0.1) is 0 Å². The summed E-state index contributed by atoms with van der Waals surface area (Å²) in [6.45, 7) is 13.4. The predicted octanol–water partition coefficient (Wildman–Crippen LogP) is 3.45. The number of ether oxygens (including phenoxy) is 3. The van der Waals surface area contributed by atoms with Gasteiger partial charge in [0.1, 0.15) is 18.2 Å². The molecular weight excluding hydrogens is 338 g/mol. The molecule has 3 atom stereocenters. The van der Waals surface area contributed by atoms with Crippen LogP contribution in [0.1, 0.15) is 67.7 Å². The van der Waals surface area contributed by atoms with E-state index in [1.165, 1.54) is 0 Å². The average Bonchev–Trinajstić information content (AvgIpc) is 2.53. The van der Waals surface area contributed by atoms with Gasteiger partial charge < -0.3 is 19.5 Å². The van der Waals surface area contributed by atoms with Crippen molar-refractivity contribution in [1.82, 2.24) is 5.32 Å². The van der Waals surface area contributed by atoms with Crippen molar-refractivity contribution >= 4 is 18.0 Å². The van der Waals surface area contributed by atoms with Gasteiger partial charge in [0.25, 0.3) is 0 Å². The minimum atomic E-state index is -0.856. The first-order valence-corrected chi connectivity index (χ1v) is 9.41. The summed E-state index contributed by atoms with van der Waals surface area (Å²) in [7, 11) is 0. The van der Waals surface area contributed by atoms with Gasteiger partial charge in [-0.1, -0.05) is 27.7 Å². The summed E-state index contributed by atoms with van der Waals surface area (Å²) in [4.78, 5) is 35.8. The van der Waals surface area contributed by atoms with Gasteiger partial charge in [-0.2, -0.15) is 0 Å². The van der Waals surface area contributed by atoms with Crippen LogP contribution < -0.4 is 5.32 Å². The molecule has 152 valence electrons. The smallest absolute Gasteiger partial charge is 0.407 e. The lowest BCUT2D eigenvalue weighted by Crippen LogP contribution is -2.43. The minimum absolute atomic E-state index is 0.159. The summed E-state index contributed by atoms with van der Waals surface area (Å²) < 4.78 is 15.5. The van der Waals surface area contributed by atoms with Gasteiger partial charge in [-0.3, -0.25) is 4.79 Å². The first-order valence-electron chi connectivity index (χ1n) is 9.41. The van der Waals surface area contributed by atoms with Crippen LogP contribution in [0.2, 0.25) is 0 Å². The van der Waals surface area contributed by atoms with Crippen molar-refractivity contribution in [3.63, 3.8) is 0 Å². The molecule has 1 unspecified atom stereocenters. The maximum Gasteiger partial charge on any atom is 0.407 e. The topological polar surface area (TPSA) is 90.9 Å². The zero-order valence-corrected chi connectivity index (χ0v) is 17.2. The number of carbonyl (C=O) groups excluding carboxylic acids is 3. The maximum absolute atomic E-state index is 12.3. The number of esters is 2. The van der Waals surface area contributed by atoms with E-state index in [0.29, 0.717) is 6.42 Å². The minimum Gasteiger partial charge on any atom is -0.462 e. The Morgan fingerprint density at radius 1 is 0.885 bits per heavy atom. The van der Waals surface area contributed by atoms with E-state index in [9.17, 15) is 14.4 Å². The Balaban J connectivity index is 4.63. The van der Waals surface area contributed by atoms with Gasteiger partial charge in [0.2, 0.25) is 0 Å². The molecule has 1 amide bonds. The number of amides is 1. The molecule has 0 heterocycles. The molecule has 26 heavy (non-hydrogen) atoms. The average molecular weight is 373 g/mol. The van der Waals surface area contributed by atoms with Crippen LogP contribution in [0.3, 0.4) is 0 Å². The van der Waals surface area contributed by atoms with Gasteiger partial charge in [-0.25, -0.2) is 9.59 Å². The lowest BCUT2D eigenvalue weighted by atomic mass is 10.1. The summed E-state index contributed by atoms with van der Waals surface area (Å²) in [6.07, 6.45) is -0.272. The highest BCUT2D eigenvalue weighted by molar-refractivity contribution is 5.81. The largest absolute Gasteiger partial charge is 0.462 e. The van der Waals surface area contributed by atoms with Gasteiger partial charge in [0.05, 0.1) is 6.61 Å². The van der Waals surface area contributed by atoms with Gasteiger partial charge >= 0.3 is 18.0 Å². The highest BCUT2D eigenvalue weighted by Gasteiger charge is 2.25.